The van der Waals surface area contributed by atoms with Crippen LogP contribution >= 0.6 is 10.7 Å². The molecule has 1 heterocycles. The maximum absolute atomic E-state index is 12.1. The molecule has 1 saturated carbocycles. The van der Waals surface area contributed by atoms with E-state index < -0.39 is 9.05 Å². The Hall–Kier alpha value is -1.05. The summed E-state index contributed by atoms with van der Waals surface area (Å²) in [5, 5.41) is 2.78. The highest BCUT2D eigenvalue weighted by atomic mass is 35.7. The third-order valence-electron chi connectivity index (χ3n) is 3.76. The van der Waals surface area contributed by atoms with Gasteiger partial charge in [-0.05, 0) is 25.3 Å². The van der Waals surface area contributed by atoms with Crippen molar-refractivity contribution in [2.45, 2.75) is 29.8 Å². The van der Waals surface area contributed by atoms with Crippen molar-refractivity contribution in [2.24, 2.45) is 7.05 Å². The number of aromatic nitrogens is 1. The maximum atomic E-state index is 12.1. The molecule has 1 aromatic rings. The minimum absolute atomic E-state index is 0.0862. The smallest absolute Gasteiger partial charge is 0.268 e. The summed E-state index contributed by atoms with van der Waals surface area (Å²) in [6.07, 6.45) is 4.23. The number of hydrogen-bond donors (Lipinski definition) is 1. The number of amides is 1. The summed E-state index contributed by atoms with van der Waals surface area (Å²) in [4.78, 5) is 12.0. The lowest BCUT2D eigenvalue weighted by Gasteiger charge is -2.40. The lowest BCUT2D eigenvalue weighted by atomic mass is 9.80. The molecule has 1 aliphatic carbocycles. The summed E-state index contributed by atoms with van der Waals surface area (Å²) in [5.41, 5.74) is -0.0304. The Morgan fingerprint density at radius 1 is 1.55 bits per heavy atom. The summed E-state index contributed by atoms with van der Waals surface area (Å²) < 4.78 is 29.3. The third-order valence-corrected chi connectivity index (χ3v) is 5.08. The largest absolute Gasteiger partial charge is 0.376 e. The molecule has 0 radical (unpaired) electrons. The first-order valence-corrected chi connectivity index (χ1v) is 8.53. The molecule has 1 aliphatic rings. The van der Waals surface area contributed by atoms with Gasteiger partial charge >= 0.3 is 0 Å². The minimum Gasteiger partial charge on any atom is -0.376 e. The number of methoxy groups -OCH3 is 1. The first-order chi connectivity index (χ1) is 9.27. The number of rotatable bonds is 5. The number of hydrogen-bond acceptors (Lipinski definition) is 4. The highest BCUT2D eigenvalue weighted by Crippen LogP contribution is 2.34. The molecule has 6 nitrogen and oxygen atoms in total. The van der Waals surface area contributed by atoms with Gasteiger partial charge in [-0.2, -0.15) is 0 Å². The second-order valence-electron chi connectivity index (χ2n) is 5.03. The van der Waals surface area contributed by atoms with Crippen molar-refractivity contribution in [3.8, 4) is 0 Å². The van der Waals surface area contributed by atoms with Crippen LogP contribution in [0.25, 0.3) is 0 Å². The second-order valence-corrected chi connectivity index (χ2v) is 7.60. The van der Waals surface area contributed by atoms with Gasteiger partial charge in [0.25, 0.3) is 15.0 Å². The molecule has 0 saturated heterocycles. The van der Waals surface area contributed by atoms with E-state index in [-0.39, 0.29) is 22.1 Å². The van der Waals surface area contributed by atoms with Crippen LogP contribution in [0.3, 0.4) is 0 Å². The Kier molecular flexibility index (Phi) is 4.13. The van der Waals surface area contributed by atoms with Crippen LogP contribution in [0, 0.1) is 0 Å². The number of nitrogens with one attached hydrogen (secondary N) is 1. The van der Waals surface area contributed by atoms with Gasteiger partial charge in [-0.25, -0.2) is 8.42 Å². The van der Waals surface area contributed by atoms with Crippen molar-refractivity contribution < 1.29 is 17.9 Å². The molecule has 0 bridgehead atoms. The molecule has 20 heavy (non-hydrogen) atoms. The van der Waals surface area contributed by atoms with E-state index in [4.69, 9.17) is 15.4 Å². The zero-order chi connectivity index (χ0) is 15.0. The average Bonchev–Trinajstić information content (AvgIpc) is 2.70. The van der Waals surface area contributed by atoms with Gasteiger partial charge < -0.3 is 14.6 Å². The van der Waals surface area contributed by atoms with E-state index in [1.165, 1.54) is 16.8 Å². The Balaban J connectivity index is 2.08. The first kappa shape index (κ1) is 15.3. The van der Waals surface area contributed by atoms with E-state index in [1.54, 1.807) is 14.2 Å². The Labute approximate surface area is 122 Å². The summed E-state index contributed by atoms with van der Waals surface area (Å²) in [6, 6.07) is 1.26. The monoisotopic (exact) mass is 320 g/mol. The fourth-order valence-corrected chi connectivity index (χ4v) is 3.04. The quantitative estimate of drug-likeness (QED) is 0.828. The molecule has 1 aromatic heterocycles. The van der Waals surface area contributed by atoms with Crippen LogP contribution in [0.1, 0.15) is 29.8 Å². The van der Waals surface area contributed by atoms with Gasteiger partial charge in [-0.3, -0.25) is 4.79 Å². The molecule has 1 fully saturated rings. The second kappa shape index (κ2) is 5.38. The number of ether oxygens (including phenoxy) is 1. The number of aryl methyl sites for hydroxylation is 1. The van der Waals surface area contributed by atoms with Crippen LogP contribution in [0.4, 0.5) is 0 Å². The van der Waals surface area contributed by atoms with Gasteiger partial charge in [0.05, 0.1) is 5.60 Å². The van der Waals surface area contributed by atoms with Crippen molar-refractivity contribution in [1.82, 2.24) is 9.88 Å². The van der Waals surface area contributed by atoms with Crippen LogP contribution in [0.5, 0.6) is 0 Å². The maximum Gasteiger partial charge on any atom is 0.268 e. The Morgan fingerprint density at radius 3 is 2.60 bits per heavy atom. The van der Waals surface area contributed by atoms with Gasteiger partial charge in [0.15, 0.2) is 0 Å². The molecule has 0 aliphatic heterocycles. The molecule has 1 N–H and O–H groups in total. The van der Waals surface area contributed by atoms with Crippen LogP contribution in [-0.2, 0) is 20.8 Å². The van der Waals surface area contributed by atoms with Gasteiger partial charge in [0, 0.05) is 37.6 Å². The lowest BCUT2D eigenvalue weighted by Crippen LogP contribution is -2.49. The van der Waals surface area contributed by atoms with Gasteiger partial charge in [0.2, 0.25) is 0 Å². The molecular formula is C12H17ClN2O4S. The molecule has 0 aromatic carbocycles. The molecule has 0 unspecified atom stereocenters. The van der Waals surface area contributed by atoms with Crippen LogP contribution < -0.4 is 5.32 Å². The number of carbonyl (C=O) groups is 1. The van der Waals surface area contributed by atoms with Crippen molar-refractivity contribution in [2.75, 3.05) is 13.7 Å². The lowest BCUT2D eigenvalue weighted by molar-refractivity contribution is -0.0679. The van der Waals surface area contributed by atoms with Crippen molar-refractivity contribution >= 4 is 25.6 Å². The van der Waals surface area contributed by atoms with Gasteiger partial charge in [-0.1, -0.05) is 0 Å². The summed E-state index contributed by atoms with van der Waals surface area (Å²) in [5.74, 6) is -0.345. The van der Waals surface area contributed by atoms with E-state index in [9.17, 15) is 13.2 Å². The standard InChI is InChI=1S/C12H17ClN2O4S/c1-15-7-9(20(13,17)18)6-10(15)11(16)14-8-12(19-2)4-3-5-12/h6-7H,3-5,8H2,1-2H3,(H,14,16). The Morgan fingerprint density at radius 2 is 2.20 bits per heavy atom. The first-order valence-electron chi connectivity index (χ1n) is 6.22. The predicted molar refractivity (Wildman–Crippen MR) is 74.4 cm³/mol. The van der Waals surface area contributed by atoms with E-state index >= 15 is 0 Å². The molecular weight excluding hydrogens is 304 g/mol. The fraction of sp³-hybridized carbons (Fsp3) is 0.583. The predicted octanol–water partition coefficient (Wildman–Crippen LogP) is 1.25. The fourth-order valence-electron chi connectivity index (χ4n) is 2.25. The molecule has 8 heteroatoms. The number of halogens is 1. The summed E-state index contributed by atoms with van der Waals surface area (Å²) in [7, 11) is 4.65. The minimum atomic E-state index is -3.83. The molecule has 2 rings (SSSR count). The zero-order valence-electron chi connectivity index (χ0n) is 11.3. The van der Waals surface area contributed by atoms with Crippen molar-refractivity contribution in [3.63, 3.8) is 0 Å². The Bertz CT molecular complexity index is 614. The number of nitrogens with zero attached hydrogens (tertiary/aromatic N) is 1. The summed E-state index contributed by atoms with van der Waals surface area (Å²) in [6.45, 7) is 0.413. The highest BCUT2D eigenvalue weighted by molar-refractivity contribution is 8.13. The zero-order valence-corrected chi connectivity index (χ0v) is 12.9. The van der Waals surface area contributed by atoms with Crippen molar-refractivity contribution in [3.05, 3.63) is 18.0 Å². The normalized spacial score (nSPS) is 17.6. The van der Waals surface area contributed by atoms with Gasteiger partial charge in [-0.15, -0.1) is 0 Å². The molecule has 1 amide bonds. The van der Waals surface area contributed by atoms with Crippen LogP contribution in [0.15, 0.2) is 17.2 Å². The molecule has 0 atom stereocenters. The topological polar surface area (TPSA) is 77.4 Å². The van der Waals surface area contributed by atoms with E-state index in [1.807, 2.05) is 0 Å². The number of carbonyl (C=O) groups excluding carboxylic acids is 1. The molecule has 0 spiro atoms. The highest BCUT2D eigenvalue weighted by Gasteiger charge is 2.37. The average molecular weight is 321 g/mol. The molecule has 112 valence electrons. The van der Waals surface area contributed by atoms with E-state index in [0.717, 1.165) is 19.3 Å². The van der Waals surface area contributed by atoms with Crippen LogP contribution in [0.2, 0.25) is 0 Å². The van der Waals surface area contributed by atoms with Crippen LogP contribution in [-0.4, -0.2) is 38.1 Å². The SMILES string of the molecule is COC1(CNC(=O)c2cc(S(=O)(=O)Cl)cn2C)CCC1. The van der Waals surface area contributed by atoms with Crippen molar-refractivity contribution in [1.29, 1.82) is 0 Å². The van der Waals surface area contributed by atoms with E-state index in [0.29, 0.717) is 6.54 Å². The third kappa shape index (κ3) is 2.99. The summed E-state index contributed by atoms with van der Waals surface area (Å²) >= 11 is 0. The van der Waals surface area contributed by atoms with E-state index in [2.05, 4.69) is 5.32 Å². The van der Waals surface area contributed by atoms with Gasteiger partial charge in [0.1, 0.15) is 10.6 Å².